The number of rotatable bonds is 5. The minimum absolute atomic E-state index is 0.480. The fourth-order valence-electron chi connectivity index (χ4n) is 2.19. The van der Waals surface area contributed by atoms with E-state index in [9.17, 15) is 10.5 Å². The molecule has 0 saturated carbocycles. The van der Waals surface area contributed by atoms with Gasteiger partial charge in [0.25, 0.3) is 0 Å². The minimum Gasteiger partial charge on any atom is -0.369 e. The van der Waals surface area contributed by atoms with E-state index in [1.165, 1.54) is 0 Å². The third kappa shape index (κ3) is 4.68. The molecule has 2 rings (SSSR count). The Kier molecular flexibility index (Phi) is 6.08. The molecule has 0 unspecified atom stereocenters. The van der Waals surface area contributed by atoms with Crippen LogP contribution in [0.3, 0.4) is 0 Å². The first-order valence-corrected chi connectivity index (χ1v) is 7.94. The molecular weight excluding hydrogens is 324 g/mol. The normalized spacial score (nSPS) is 10.7. The summed E-state index contributed by atoms with van der Waals surface area (Å²) in [4.78, 5) is 12.2. The first kappa shape index (κ1) is 18.7. The van der Waals surface area contributed by atoms with Gasteiger partial charge in [0.1, 0.15) is 12.1 Å². The molecule has 0 N–H and O–H groups in total. The van der Waals surface area contributed by atoms with E-state index in [4.69, 9.17) is 0 Å². The van der Waals surface area contributed by atoms with Crippen molar-refractivity contribution in [2.75, 3.05) is 28.2 Å². The Morgan fingerprint density at radius 1 is 0.731 bits per heavy atom. The first-order valence-electron chi connectivity index (χ1n) is 7.94. The third-order valence-corrected chi connectivity index (χ3v) is 3.42. The van der Waals surface area contributed by atoms with Crippen molar-refractivity contribution in [3.05, 3.63) is 47.5 Å². The van der Waals surface area contributed by atoms with Crippen molar-refractivity contribution in [1.82, 2.24) is 9.80 Å². The topological polar surface area (TPSA) is 78.8 Å². The molecule has 6 heteroatoms. The van der Waals surface area contributed by atoms with Crippen molar-refractivity contribution in [3.8, 4) is 23.3 Å². The molecule has 0 heterocycles. The van der Waals surface area contributed by atoms with Gasteiger partial charge in [-0.1, -0.05) is 12.1 Å². The minimum atomic E-state index is 0.480. The molecule has 0 bridgehead atoms. The maximum atomic E-state index is 9.41. The Bertz CT molecular complexity index is 849. The zero-order chi connectivity index (χ0) is 19.1. The number of hydrogen-bond acceptors (Lipinski definition) is 4. The molecule has 0 aliphatic rings. The van der Waals surface area contributed by atoms with Crippen molar-refractivity contribution in [2.24, 2.45) is 9.98 Å². The summed E-state index contributed by atoms with van der Waals surface area (Å²) in [6, 6.07) is 15.3. The van der Waals surface area contributed by atoms with Gasteiger partial charge in [-0.25, -0.2) is 9.98 Å². The van der Waals surface area contributed by atoms with E-state index in [1.807, 2.05) is 40.3 Å². The summed E-state index contributed by atoms with van der Waals surface area (Å²) in [7, 11) is 7.47. The lowest BCUT2D eigenvalue weighted by atomic mass is 10.00. The molecule has 0 amide bonds. The van der Waals surface area contributed by atoms with E-state index in [2.05, 4.69) is 22.1 Å². The monoisotopic (exact) mass is 344 g/mol. The van der Waals surface area contributed by atoms with Crippen LogP contribution in [0.2, 0.25) is 0 Å². The Balaban J connectivity index is 2.43. The summed E-state index contributed by atoms with van der Waals surface area (Å²) in [5.41, 5.74) is 3.88. The summed E-state index contributed by atoms with van der Waals surface area (Å²) in [5.74, 6) is 0. The maximum Gasteiger partial charge on any atom is 0.101 e. The van der Waals surface area contributed by atoms with Crippen LogP contribution in [-0.4, -0.2) is 50.7 Å². The molecule has 0 aliphatic heterocycles. The van der Waals surface area contributed by atoms with Crippen molar-refractivity contribution < 1.29 is 0 Å². The van der Waals surface area contributed by atoms with Gasteiger partial charge in [0.05, 0.1) is 35.2 Å². The lowest BCUT2D eigenvalue weighted by Gasteiger charge is -2.08. The van der Waals surface area contributed by atoms with Gasteiger partial charge in [0.2, 0.25) is 0 Å². The van der Waals surface area contributed by atoms with Crippen LogP contribution in [0.25, 0.3) is 11.1 Å². The number of aliphatic imine (C=N–C) groups is 2. The molecular formula is C20H20N6. The van der Waals surface area contributed by atoms with Crippen LogP contribution < -0.4 is 0 Å². The highest BCUT2D eigenvalue weighted by atomic mass is 15.1. The highest BCUT2D eigenvalue weighted by Crippen LogP contribution is 2.30. The van der Waals surface area contributed by atoms with Crippen LogP contribution in [0, 0.1) is 22.7 Å². The van der Waals surface area contributed by atoms with E-state index in [0.717, 1.165) is 11.1 Å². The SMILES string of the molecule is CN(C)/C=N\c1ccc(-c2ccc(/N=C/N(C)C)c(C#N)c2)cc1C#N. The lowest BCUT2D eigenvalue weighted by Crippen LogP contribution is -2.07. The van der Waals surface area contributed by atoms with Crippen molar-refractivity contribution in [2.45, 2.75) is 0 Å². The smallest absolute Gasteiger partial charge is 0.101 e. The zero-order valence-electron chi connectivity index (χ0n) is 15.3. The molecule has 26 heavy (non-hydrogen) atoms. The van der Waals surface area contributed by atoms with Crippen LogP contribution in [0.4, 0.5) is 11.4 Å². The fourth-order valence-corrected chi connectivity index (χ4v) is 2.19. The number of nitriles is 2. The van der Waals surface area contributed by atoms with E-state index in [-0.39, 0.29) is 0 Å². The van der Waals surface area contributed by atoms with E-state index >= 15 is 0 Å². The van der Waals surface area contributed by atoms with Gasteiger partial charge in [-0.15, -0.1) is 0 Å². The van der Waals surface area contributed by atoms with Gasteiger partial charge in [-0.2, -0.15) is 10.5 Å². The quantitative estimate of drug-likeness (QED) is 0.614. The molecule has 0 spiro atoms. The first-order chi connectivity index (χ1) is 12.4. The summed E-state index contributed by atoms with van der Waals surface area (Å²) < 4.78 is 0. The van der Waals surface area contributed by atoms with Gasteiger partial charge in [0.15, 0.2) is 0 Å². The highest BCUT2D eigenvalue weighted by molar-refractivity contribution is 5.75. The second-order valence-corrected chi connectivity index (χ2v) is 6.10. The molecule has 0 saturated heterocycles. The van der Waals surface area contributed by atoms with Crippen LogP contribution >= 0.6 is 0 Å². The molecule has 2 aromatic carbocycles. The fraction of sp³-hybridized carbons (Fsp3) is 0.200. The summed E-state index contributed by atoms with van der Waals surface area (Å²) in [6.45, 7) is 0. The molecule has 0 radical (unpaired) electrons. The van der Waals surface area contributed by atoms with E-state index in [0.29, 0.717) is 22.5 Å². The summed E-state index contributed by atoms with van der Waals surface area (Å²) in [6.07, 6.45) is 3.31. The number of benzene rings is 2. The average Bonchev–Trinajstić information content (AvgIpc) is 2.64. The Labute approximate surface area is 154 Å². The van der Waals surface area contributed by atoms with Gasteiger partial charge >= 0.3 is 0 Å². The molecule has 0 aliphatic carbocycles. The molecule has 0 atom stereocenters. The predicted octanol–water partition coefficient (Wildman–Crippen LogP) is 3.54. The van der Waals surface area contributed by atoms with Crippen LogP contribution in [0.1, 0.15) is 11.1 Å². The second-order valence-electron chi connectivity index (χ2n) is 6.10. The third-order valence-electron chi connectivity index (χ3n) is 3.42. The lowest BCUT2D eigenvalue weighted by molar-refractivity contribution is 0.643. The van der Waals surface area contributed by atoms with E-state index < -0.39 is 0 Å². The second kappa shape index (κ2) is 8.46. The van der Waals surface area contributed by atoms with Crippen LogP contribution in [0.15, 0.2) is 46.4 Å². The van der Waals surface area contributed by atoms with Crippen molar-refractivity contribution in [3.63, 3.8) is 0 Å². The summed E-state index contributed by atoms with van der Waals surface area (Å²) in [5, 5.41) is 18.8. The number of nitrogens with zero attached hydrogens (tertiary/aromatic N) is 6. The zero-order valence-corrected chi connectivity index (χ0v) is 15.3. The van der Waals surface area contributed by atoms with Crippen molar-refractivity contribution in [1.29, 1.82) is 10.5 Å². The maximum absolute atomic E-state index is 9.41. The molecule has 0 fully saturated rings. The van der Waals surface area contributed by atoms with Crippen molar-refractivity contribution >= 4 is 24.1 Å². The van der Waals surface area contributed by atoms with Gasteiger partial charge in [-0.3, -0.25) is 0 Å². The Hall–Kier alpha value is -3.64. The highest BCUT2D eigenvalue weighted by Gasteiger charge is 2.08. The van der Waals surface area contributed by atoms with Crippen LogP contribution in [0.5, 0.6) is 0 Å². The van der Waals surface area contributed by atoms with Gasteiger partial charge in [-0.05, 0) is 35.4 Å². The Morgan fingerprint density at radius 3 is 1.42 bits per heavy atom. The summed E-state index contributed by atoms with van der Waals surface area (Å²) >= 11 is 0. The standard InChI is InChI=1S/C20H20N6/c1-25(2)13-23-19-7-5-15(9-17(19)11-21)16-6-8-20(18(10-16)12-22)24-14-26(3)4/h5-10,13-14H,1-4H3/b23-13-,24-14+. The molecule has 130 valence electrons. The van der Waals surface area contributed by atoms with Gasteiger partial charge in [0, 0.05) is 28.2 Å². The largest absolute Gasteiger partial charge is 0.369 e. The average molecular weight is 344 g/mol. The predicted molar refractivity (Wildman–Crippen MR) is 105 cm³/mol. The number of hydrogen-bond donors (Lipinski definition) is 0. The van der Waals surface area contributed by atoms with Crippen LogP contribution in [-0.2, 0) is 0 Å². The molecule has 0 aromatic heterocycles. The molecule has 6 nitrogen and oxygen atoms in total. The molecule has 2 aromatic rings. The Morgan fingerprint density at radius 2 is 1.12 bits per heavy atom. The van der Waals surface area contributed by atoms with E-state index in [1.54, 1.807) is 46.7 Å². The van der Waals surface area contributed by atoms with Gasteiger partial charge < -0.3 is 9.80 Å².